The van der Waals surface area contributed by atoms with E-state index in [4.69, 9.17) is 4.74 Å². The summed E-state index contributed by atoms with van der Waals surface area (Å²) in [5.74, 6) is 0.828. The predicted octanol–water partition coefficient (Wildman–Crippen LogP) is 2.07. The standard InChI is InChI=1S/C21H31N5O/c1-18-16-26(12-13-27-18)17-20-7-5-6-19(14-20)15-24-21(22-2)23-8-11-25-9-3-4-10-25/h3-7,9-10,14,18H,8,11-13,15-17H2,1-2H3,(H2,22,23,24). The van der Waals surface area contributed by atoms with Crippen LogP contribution in [-0.4, -0.2) is 54.8 Å². The lowest BCUT2D eigenvalue weighted by Gasteiger charge is -2.31. The molecule has 146 valence electrons. The molecule has 3 rings (SSSR count). The van der Waals surface area contributed by atoms with E-state index in [0.29, 0.717) is 6.10 Å². The molecule has 1 aliphatic rings. The average Bonchev–Trinajstić information content (AvgIpc) is 3.18. The van der Waals surface area contributed by atoms with Gasteiger partial charge in [-0.15, -0.1) is 0 Å². The van der Waals surface area contributed by atoms with Crippen molar-refractivity contribution in [3.8, 4) is 0 Å². The average molecular weight is 370 g/mol. The summed E-state index contributed by atoms with van der Waals surface area (Å²) in [6.45, 7) is 8.47. The Morgan fingerprint density at radius 3 is 2.78 bits per heavy atom. The number of rotatable bonds is 7. The van der Waals surface area contributed by atoms with Gasteiger partial charge in [-0.05, 0) is 30.2 Å². The molecule has 0 radical (unpaired) electrons. The summed E-state index contributed by atoms with van der Waals surface area (Å²) < 4.78 is 7.78. The number of nitrogens with zero attached hydrogens (tertiary/aromatic N) is 3. The summed E-state index contributed by atoms with van der Waals surface area (Å²) in [6, 6.07) is 12.9. The third-order valence-corrected chi connectivity index (χ3v) is 4.73. The van der Waals surface area contributed by atoms with Gasteiger partial charge in [-0.1, -0.05) is 24.3 Å². The Hall–Kier alpha value is -2.31. The van der Waals surface area contributed by atoms with Gasteiger partial charge in [0.25, 0.3) is 0 Å². The zero-order valence-electron chi connectivity index (χ0n) is 16.4. The molecule has 1 aromatic heterocycles. The fourth-order valence-electron chi connectivity index (χ4n) is 3.36. The first-order chi connectivity index (χ1) is 13.2. The Bertz CT molecular complexity index is 713. The van der Waals surface area contributed by atoms with Gasteiger partial charge in [-0.25, -0.2) is 0 Å². The van der Waals surface area contributed by atoms with Gasteiger partial charge < -0.3 is 19.9 Å². The van der Waals surface area contributed by atoms with Crippen molar-refractivity contribution in [1.82, 2.24) is 20.1 Å². The minimum absolute atomic E-state index is 0.324. The number of hydrogen-bond donors (Lipinski definition) is 2. The molecule has 0 saturated carbocycles. The molecule has 27 heavy (non-hydrogen) atoms. The summed E-state index contributed by atoms with van der Waals surface area (Å²) in [5.41, 5.74) is 2.61. The van der Waals surface area contributed by atoms with Crippen molar-refractivity contribution in [1.29, 1.82) is 0 Å². The van der Waals surface area contributed by atoms with Crippen LogP contribution in [0.5, 0.6) is 0 Å². The molecule has 2 heterocycles. The highest BCUT2D eigenvalue weighted by Crippen LogP contribution is 2.12. The fraction of sp³-hybridized carbons (Fsp3) is 0.476. The van der Waals surface area contributed by atoms with E-state index in [-0.39, 0.29) is 0 Å². The first-order valence-corrected chi connectivity index (χ1v) is 9.70. The van der Waals surface area contributed by atoms with Crippen LogP contribution in [0.1, 0.15) is 18.1 Å². The zero-order chi connectivity index (χ0) is 18.9. The van der Waals surface area contributed by atoms with Crippen molar-refractivity contribution in [3.05, 3.63) is 59.9 Å². The maximum atomic E-state index is 5.63. The summed E-state index contributed by atoms with van der Waals surface area (Å²) in [4.78, 5) is 6.77. The van der Waals surface area contributed by atoms with Gasteiger partial charge in [0, 0.05) is 58.7 Å². The molecular formula is C21H31N5O. The molecule has 1 aliphatic heterocycles. The molecule has 1 atom stereocenters. The van der Waals surface area contributed by atoms with E-state index >= 15 is 0 Å². The van der Waals surface area contributed by atoms with Crippen LogP contribution in [0.3, 0.4) is 0 Å². The third kappa shape index (κ3) is 6.41. The molecule has 2 N–H and O–H groups in total. The molecular weight excluding hydrogens is 338 g/mol. The second-order valence-corrected chi connectivity index (χ2v) is 7.01. The number of aromatic nitrogens is 1. The first-order valence-electron chi connectivity index (χ1n) is 9.70. The van der Waals surface area contributed by atoms with E-state index in [1.165, 1.54) is 11.1 Å². The molecule has 1 unspecified atom stereocenters. The predicted molar refractivity (Wildman–Crippen MR) is 110 cm³/mol. The number of aliphatic imine (C=N–C) groups is 1. The highest BCUT2D eigenvalue weighted by atomic mass is 16.5. The van der Waals surface area contributed by atoms with Crippen LogP contribution < -0.4 is 10.6 Å². The van der Waals surface area contributed by atoms with Crippen molar-refractivity contribution < 1.29 is 4.74 Å². The van der Waals surface area contributed by atoms with Crippen LogP contribution in [-0.2, 0) is 24.4 Å². The number of hydrogen-bond acceptors (Lipinski definition) is 3. The Balaban J connectivity index is 1.45. The van der Waals surface area contributed by atoms with Gasteiger partial charge in [-0.3, -0.25) is 9.89 Å². The van der Waals surface area contributed by atoms with Crippen molar-refractivity contribution in [3.63, 3.8) is 0 Å². The number of benzene rings is 1. The Labute approximate surface area is 162 Å². The number of nitrogens with one attached hydrogen (secondary N) is 2. The third-order valence-electron chi connectivity index (χ3n) is 4.73. The zero-order valence-corrected chi connectivity index (χ0v) is 16.4. The van der Waals surface area contributed by atoms with Crippen LogP contribution in [0.4, 0.5) is 0 Å². The van der Waals surface area contributed by atoms with E-state index in [1.54, 1.807) is 7.05 Å². The number of ether oxygens (including phenoxy) is 1. The monoisotopic (exact) mass is 369 g/mol. The topological polar surface area (TPSA) is 53.8 Å². The lowest BCUT2D eigenvalue weighted by atomic mass is 10.1. The smallest absolute Gasteiger partial charge is 0.191 e. The molecule has 0 amide bonds. The van der Waals surface area contributed by atoms with E-state index < -0.39 is 0 Å². The Morgan fingerprint density at radius 2 is 2.00 bits per heavy atom. The molecule has 0 bridgehead atoms. The Morgan fingerprint density at radius 1 is 1.19 bits per heavy atom. The van der Waals surface area contributed by atoms with Gasteiger partial charge >= 0.3 is 0 Å². The van der Waals surface area contributed by atoms with E-state index in [0.717, 1.165) is 51.8 Å². The van der Waals surface area contributed by atoms with Crippen LogP contribution in [0.25, 0.3) is 0 Å². The van der Waals surface area contributed by atoms with Gasteiger partial charge in [0.05, 0.1) is 12.7 Å². The molecule has 6 heteroatoms. The SMILES string of the molecule is CN=C(NCCn1cccc1)NCc1cccc(CN2CCOC(C)C2)c1. The van der Waals surface area contributed by atoms with Crippen LogP contribution in [0.15, 0.2) is 53.8 Å². The van der Waals surface area contributed by atoms with Gasteiger partial charge in [0.2, 0.25) is 0 Å². The summed E-state index contributed by atoms with van der Waals surface area (Å²) >= 11 is 0. The number of guanidine groups is 1. The second-order valence-electron chi connectivity index (χ2n) is 7.01. The molecule has 2 aromatic rings. The van der Waals surface area contributed by atoms with Crippen LogP contribution >= 0.6 is 0 Å². The van der Waals surface area contributed by atoms with E-state index in [2.05, 4.69) is 68.7 Å². The van der Waals surface area contributed by atoms with Gasteiger partial charge in [-0.2, -0.15) is 0 Å². The van der Waals surface area contributed by atoms with Crippen molar-refractivity contribution in [2.45, 2.75) is 32.7 Å². The number of morpholine rings is 1. The van der Waals surface area contributed by atoms with E-state index in [1.807, 2.05) is 12.1 Å². The fourth-order valence-corrected chi connectivity index (χ4v) is 3.36. The lowest BCUT2D eigenvalue weighted by Crippen LogP contribution is -2.40. The molecule has 0 aliphatic carbocycles. The van der Waals surface area contributed by atoms with Crippen molar-refractivity contribution in [2.24, 2.45) is 4.99 Å². The highest BCUT2D eigenvalue weighted by Gasteiger charge is 2.16. The molecule has 6 nitrogen and oxygen atoms in total. The lowest BCUT2D eigenvalue weighted by molar-refractivity contribution is -0.0212. The highest BCUT2D eigenvalue weighted by molar-refractivity contribution is 5.79. The molecule has 0 spiro atoms. The van der Waals surface area contributed by atoms with Gasteiger partial charge in [0.15, 0.2) is 5.96 Å². The van der Waals surface area contributed by atoms with E-state index in [9.17, 15) is 0 Å². The molecule has 1 aromatic carbocycles. The minimum Gasteiger partial charge on any atom is -0.376 e. The molecule has 1 saturated heterocycles. The quantitative estimate of drug-likeness (QED) is 0.580. The summed E-state index contributed by atoms with van der Waals surface area (Å²) in [5, 5.41) is 6.76. The summed E-state index contributed by atoms with van der Waals surface area (Å²) in [6.07, 6.45) is 4.46. The maximum absolute atomic E-state index is 5.63. The normalized spacial score (nSPS) is 18.4. The second kappa shape index (κ2) is 10.1. The Kier molecular flexibility index (Phi) is 7.30. The first kappa shape index (κ1) is 19.5. The minimum atomic E-state index is 0.324. The molecule has 1 fully saturated rings. The van der Waals surface area contributed by atoms with Crippen molar-refractivity contribution in [2.75, 3.05) is 33.3 Å². The van der Waals surface area contributed by atoms with Crippen LogP contribution in [0, 0.1) is 0 Å². The van der Waals surface area contributed by atoms with Crippen molar-refractivity contribution >= 4 is 5.96 Å². The van der Waals surface area contributed by atoms with Crippen LogP contribution in [0.2, 0.25) is 0 Å². The summed E-state index contributed by atoms with van der Waals surface area (Å²) in [7, 11) is 1.81. The maximum Gasteiger partial charge on any atom is 0.191 e. The van der Waals surface area contributed by atoms with Gasteiger partial charge in [0.1, 0.15) is 0 Å². The largest absolute Gasteiger partial charge is 0.376 e.